The molecule has 1 aromatic rings. The minimum Gasteiger partial charge on any atom is -0.481 e. The van der Waals surface area contributed by atoms with Crippen LogP contribution < -0.4 is 5.32 Å². The topological polar surface area (TPSA) is 66.4 Å². The number of aliphatic carboxylic acids is 1. The van der Waals surface area contributed by atoms with Gasteiger partial charge in [-0.15, -0.1) is 0 Å². The third kappa shape index (κ3) is 6.50. The van der Waals surface area contributed by atoms with Gasteiger partial charge < -0.3 is 10.4 Å². The average molecular weight is 283 g/mol. The van der Waals surface area contributed by atoms with Gasteiger partial charge in [0.05, 0.1) is 6.42 Å². The molecule has 106 valence electrons. The Labute approximate surface area is 116 Å². The van der Waals surface area contributed by atoms with Gasteiger partial charge in [0.15, 0.2) is 0 Å². The standard InChI is InChI=1S/C14H21NO3S/c1-11(19(2)18)7-8-15-10-13-5-3-12(4-6-13)9-14(16)17/h3-6,11,15H,7-10H2,1-2H3,(H,16,17). The number of carboxylic acid groups (broad SMARTS) is 1. The Kier molecular flexibility index (Phi) is 6.73. The molecular weight excluding hydrogens is 262 g/mol. The summed E-state index contributed by atoms with van der Waals surface area (Å²) in [5, 5.41) is 12.2. The van der Waals surface area contributed by atoms with Crippen molar-refractivity contribution in [1.82, 2.24) is 5.32 Å². The Balaban J connectivity index is 2.30. The molecule has 0 radical (unpaired) electrons. The Morgan fingerprint density at radius 3 is 2.42 bits per heavy atom. The fourth-order valence-corrected chi connectivity index (χ4v) is 2.10. The highest BCUT2D eigenvalue weighted by atomic mass is 32.2. The number of benzene rings is 1. The summed E-state index contributed by atoms with van der Waals surface area (Å²) in [6, 6.07) is 7.56. The average Bonchev–Trinajstić information content (AvgIpc) is 2.35. The van der Waals surface area contributed by atoms with Crippen molar-refractivity contribution in [3.63, 3.8) is 0 Å². The van der Waals surface area contributed by atoms with Crippen LogP contribution in [0, 0.1) is 0 Å². The number of carboxylic acids is 1. The molecule has 4 nitrogen and oxygen atoms in total. The third-order valence-corrected chi connectivity index (χ3v) is 4.37. The maximum Gasteiger partial charge on any atom is 0.307 e. The lowest BCUT2D eigenvalue weighted by Gasteiger charge is -2.09. The summed E-state index contributed by atoms with van der Waals surface area (Å²) in [5.74, 6) is -0.813. The van der Waals surface area contributed by atoms with Gasteiger partial charge in [-0.1, -0.05) is 31.2 Å². The van der Waals surface area contributed by atoms with Crippen LogP contribution >= 0.6 is 0 Å². The van der Waals surface area contributed by atoms with E-state index in [1.165, 1.54) is 0 Å². The summed E-state index contributed by atoms with van der Waals surface area (Å²) in [4.78, 5) is 10.5. The van der Waals surface area contributed by atoms with Crippen LogP contribution in [-0.2, 0) is 28.6 Å². The highest BCUT2D eigenvalue weighted by molar-refractivity contribution is 7.84. The second-order valence-electron chi connectivity index (χ2n) is 4.66. The van der Waals surface area contributed by atoms with Gasteiger partial charge in [-0.2, -0.15) is 0 Å². The van der Waals surface area contributed by atoms with E-state index in [2.05, 4.69) is 5.32 Å². The SMILES string of the molecule is CC(CCNCc1ccc(CC(=O)O)cc1)S(C)=O. The van der Waals surface area contributed by atoms with Gasteiger partial charge in [0.2, 0.25) is 0 Å². The van der Waals surface area contributed by atoms with E-state index < -0.39 is 16.8 Å². The van der Waals surface area contributed by atoms with Crippen LogP contribution in [0.5, 0.6) is 0 Å². The van der Waals surface area contributed by atoms with Crippen molar-refractivity contribution < 1.29 is 14.1 Å². The van der Waals surface area contributed by atoms with Gasteiger partial charge in [-0.25, -0.2) is 0 Å². The molecule has 0 amide bonds. The van der Waals surface area contributed by atoms with Crippen LogP contribution in [0.4, 0.5) is 0 Å². The molecule has 5 heteroatoms. The molecule has 0 bridgehead atoms. The normalized spacial score (nSPS) is 14.0. The second-order valence-corrected chi connectivity index (χ2v) is 6.46. The summed E-state index contributed by atoms with van der Waals surface area (Å²) in [6.07, 6.45) is 2.68. The highest BCUT2D eigenvalue weighted by Crippen LogP contribution is 2.05. The van der Waals surface area contributed by atoms with Crippen LogP contribution in [0.2, 0.25) is 0 Å². The zero-order chi connectivity index (χ0) is 14.3. The zero-order valence-electron chi connectivity index (χ0n) is 11.4. The molecule has 1 rings (SSSR count). The maximum atomic E-state index is 11.2. The molecule has 0 aromatic heterocycles. The van der Waals surface area contributed by atoms with E-state index in [1.807, 2.05) is 31.2 Å². The van der Waals surface area contributed by atoms with Gasteiger partial charge in [-0.3, -0.25) is 9.00 Å². The first kappa shape index (κ1) is 15.9. The summed E-state index contributed by atoms with van der Waals surface area (Å²) >= 11 is 0. The molecule has 0 aliphatic heterocycles. The predicted octanol–water partition coefficient (Wildman–Crippen LogP) is 1.56. The van der Waals surface area contributed by atoms with E-state index in [-0.39, 0.29) is 11.7 Å². The van der Waals surface area contributed by atoms with E-state index in [4.69, 9.17) is 5.11 Å². The highest BCUT2D eigenvalue weighted by Gasteiger charge is 2.05. The first-order valence-corrected chi connectivity index (χ1v) is 7.93. The fraction of sp³-hybridized carbons (Fsp3) is 0.500. The molecule has 0 fully saturated rings. The summed E-state index contributed by atoms with van der Waals surface area (Å²) in [7, 11) is -0.763. The molecule has 0 saturated carbocycles. The lowest BCUT2D eigenvalue weighted by Crippen LogP contribution is -2.20. The van der Waals surface area contributed by atoms with E-state index in [1.54, 1.807) is 6.26 Å². The lowest BCUT2D eigenvalue weighted by atomic mass is 10.1. The molecule has 0 aliphatic rings. The summed E-state index contributed by atoms with van der Waals surface area (Å²) in [6.45, 7) is 3.56. The largest absolute Gasteiger partial charge is 0.481 e. The molecular formula is C14H21NO3S. The van der Waals surface area contributed by atoms with Crippen LogP contribution in [0.3, 0.4) is 0 Å². The van der Waals surface area contributed by atoms with Crippen molar-refractivity contribution >= 4 is 16.8 Å². The summed E-state index contributed by atoms with van der Waals surface area (Å²) in [5.41, 5.74) is 1.94. The molecule has 0 heterocycles. The van der Waals surface area contributed by atoms with Gasteiger partial charge >= 0.3 is 5.97 Å². The van der Waals surface area contributed by atoms with Crippen LogP contribution in [-0.4, -0.2) is 33.3 Å². The van der Waals surface area contributed by atoms with E-state index in [0.29, 0.717) is 0 Å². The van der Waals surface area contributed by atoms with Gasteiger partial charge in [0, 0.05) is 28.9 Å². The molecule has 2 N–H and O–H groups in total. The number of carbonyl (C=O) groups is 1. The van der Waals surface area contributed by atoms with Crippen LogP contribution in [0.25, 0.3) is 0 Å². The summed E-state index contributed by atoms with van der Waals surface area (Å²) < 4.78 is 11.2. The molecule has 0 saturated heterocycles. The van der Waals surface area contributed by atoms with E-state index >= 15 is 0 Å². The number of nitrogens with one attached hydrogen (secondary N) is 1. The Morgan fingerprint density at radius 1 is 1.32 bits per heavy atom. The first-order valence-electron chi connectivity index (χ1n) is 6.31. The van der Waals surface area contributed by atoms with Crippen molar-refractivity contribution in [1.29, 1.82) is 0 Å². The third-order valence-electron chi connectivity index (χ3n) is 3.00. The van der Waals surface area contributed by atoms with Crippen molar-refractivity contribution in [3.8, 4) is 0 Å². The van der Waals surface area contributed by atoms with Crippen LogP contribution in [0.1, 0.15) is 24.5 Å². The van der Waals surface area contributed by atoms with E-state index in [9.17, 15) is 9.00 Å². The molecule has 2 unspecified atom stereocenters. The minimum atomic E-state index is -0.813. The maximum absolute atomic E-state index is 11.2. The lowest BCUT2D eigenvalue weighted by molar-refractivity contribution is -0.136. The Hall–Kier alpha value is -1.20. The number of rotatable bonds is 8. The first-order chi connectivity index (χ1) is 8.99. The van der Waals surface area contributed by atoms with Crippen molar-refractivity contribution in [2.75, 3.05) is 12.8 Å². The van der Waals surface area contributed by atoms with Crippen molar-refractivity contribution in [2.24, 2.45) is 0 Å². The van der Waals surface area contributed by atoms with Crippen molar-refractivity contribution in [2.45, 2.75) is 31.6 Å². The molecule has 1 aromatic carbocycles. The van der Waals surface area contributed by atoms with Gasteiger partial charge in [0.1, 0.15) is 0 Å². The predicted molar refractivity (Wildman–Crippen MR) is 77.6 cm³/mol. The Bertz CT molecular complexity index is 431. The molecule has 19 heavy (non-hydrogen) atoms. The van der Waals surface area contributed by atoms with E-state index in [0.717, 1.165) is 30.6 Å². The van der Waals surface area contributed by atoms with Gasteiger partial charge in [0.25, 0.3) is 0 Å². The quantitative estimate of drug-likeness (QED) is 0.711. The number of hydrogen-bond donors (Lipinski definition) is 2. The smallest absolute Gasteiger partial charge is 0.307 e. The molecule has 0 aliphatic carbocycles. The van der Waals surface area contributed by atoms with Gasteiger partial charge in [-0.05, 0) is 24.1 Å². The number of hydrogen-bond acceptors (Lipinski definition) is 3. The molecule has 2 atom stereocenters. The fourth-order valence-electron chi connectivity index (χ4n) is 1.65. The zero-order valence-corrected chi connectivity index (χ0v) is 12.2. The Morgan fingerprint density at radius 2 is 1.89 bits per heavy atom. The second kappa shape index (κ2) is 8.07. The molecule has 0 spiro atoms. The van der Waals surface area contributed by atoms with Crippen LogP contribution in [0.15, 0.2) is 24.3 Å². The minimum absolute atomic E-state index is 0.0630. The monoisotopic (exact) mass is 283 g/mol. The van der Waals surface area contributed by atoms with Crippen molar-refractivity contribution in [3.05, 3.63) is 35.4 Å².